The monoisotopic (exact) mass is 257 g/mol. The van der Waals surface area contributed by atoms with E-state index >= 15 is 0 Å². The van der Waals surface area contributed by atoms with E-state index in [-0.39, 0.29) is 17.4 Å². The Kier molecular flexibility index (Phi) is 5.72. The fraction of sp³-hybridized carbons (Fsp3) is 0.455. The van der Waals surface area contributed by atoms with Gasteiger partial charge in [-0.05, 0) is 25.5 Å². The molecule has 0 fully saturated rings. The summed E-state index contributed by atoms with van der Waals surface area (Å²) in [5.41, 5.74) is 5.65. The molecule has 17 heavy (non-hydrogen) atoms. The summed E-state index contributed by atoms with van der Waals surface area (Å²) in [5.74, 6) is -0.0485. The van der Waals surface area contributed by atoms with E-state index in [4.69, 9.17) is 22.1 Å². The minimum absolute atomic E-state index is 0.156. The molecule has 0 aliphatic heterocycles. The van der Waals surface area contributed by atoms with E-state index in [1.54, 1.807) is 12.1 Å². The zero-order valence-electron chi connectivity index (χ0n) is 9.70. The molecule has 0 aromatic carbocycles. The first-order valence-electron chi connectivity index (χ1n) is 5.43. The van der Waals surface area contributed by atoms with Gasteiger partial charge in [0.1, 0.15) is 11.5 Å². The highest BCUT2D eigenvalue weighted by molar-refractivity contribution is 6.33. The predicted molar refractivity (Wildman–Crippen MR) is 67.1 cm³/mol. The molecule has 0 radical (unpaired) electrons. The molecule has 1 aromatic rings. The van der Waals surface area contributed by atoms with E-state index in [9.17, 15) is 4.79 Å². The second-order valence-corrected chi connectivity index (χ2v) is 3.78. The Bertz CT molecular complexity index is 385. The van der Waals surface area contributed by atoms with Gasteiger partial charge in [-0.15, -0.1) is 0 Å². The molecule has 0 saturated heterocycles. The number of nitrogens with two attached hydrogens (primary N) is 1. The molecule has 0 unspecified atom stereocenters. The number of hydrogen-bond acceptors (Lipinski definition) is 4. The number of amides is 1. The molecule has 3 N–H and O–H groups in total. The van der Waals surface area contributed by atoms with Gasteiger partial charge in [0.05, 0.1) is 5.02 Å². The smallest absolute Gasteiger partial charge is 0.271 e. The molecule has 6 heteroatoms. The Labute approximate surface area is 105 Å². The molecule has 0 bridgehead atoms. The molecule has 94 valence electrons. The van der Waals surface area contributed by atoms with Crippen LogP contribution < -0.4 is 11.1 Å². The van der Waals surface area contributed by atoms with Crippen LogP contribution in [0.15, 0.2) is 12.1 Å². The number of nitrogens with zero attached hydrogens (tertiary/aromatic N) is 1. The van der Waals surface area contributed by atoms with E-state index in [0.29, 0.717) is 24.8 Å². The fourth-order valence-corrected chi connectivity index (χ4v) is 1.41. The summed E-state index contributed by atoms with van der Waals surface area (Å²) in [6, 6.07) is 3.10. The summed E-state index contributed by atoms with van der Waals surface area (Å²) in [6.45, 7) is 3.74. The first kappa shape index (κ1) is 13.7. The van der Waals surface area contributed by atoms with Crippen molar-refractivity contribution < 1.29 is 9.53 Å². The van der Waals surface area contributed by atoms with Crippen molar-refractivity contribution in [3.05, 3.63) is 22.8 Å². The SMILES string of the molecule is CCOCCCNC(=O)c1nc(N)ccc1Cl. The molecule has 0 atom stereocenters. The largest absolute Gasteiger partial charge is 0.384 e. The van der Waals surface area contributed by atoms with Crippen molar-refractivity contribution in [1.82, 2.24) is 10.3 Å². The minimum Gasteiger partial charge on any atom is -0.384 e. The zero-order chi connectivity index (χ0) is 12.7. The van der Waals surface area contributed by atoms with Crippen LogP contribution >= 0.6 is 11.6 Å². The van der Waals surface area contributed by atoms with E-state index in [1.807, 2.05) is 6.92 Å². The van der Waals surface area contributed by atoms with Gasteiger partial charge >= 0.3 is 0 Å². The summed E-state index contributed by atoms with van der Waals surface area (Å²) >= 11 is 5.85. The minimum atomic E-state index is -0.321. The molecule has 5 nitrogen and oxygen atoms in total. The van der Waals surface area contributed by atoms with Gasteiger partial charge in [0.2, 0.25) is 0 Å². The van der Waals surface area contributed by atoms with Gasteiger partial charge in [0.25, 0.3) is 5.91 Å². The average Bonchev–Trinajstić information content (AvgIpc) is 2.32. The van der Waals surface area contributed by atoms with Gasteiger partial charge in [-0.25, -0.2) is 4.98 Å². The van der Waals surface area contributed by atoms with Crippen molar-refractivity contribution in [2.24, 2.45) is 0 Å². The highest BCUT2D eigenvalue weighted by Crippen LogP contribution is 2.14. The lowest BCUT2D eigenvalue weighted by Gasteiger charge is -2.06. The Balaban J connectivity index is 2.44. The number of ether oxygens (including phenoxy) is 1. The summed E-state index contributed by atoms with van der Waals surface area (Å²) in [6.07, 6.45) is 0.750. The third kappa shape index (κ3) is 4.58. The van der Waals surface area contributed by atoms with Gasteiger partial charge in [-0.1, -0.05) is 11.6 Å². The summed E-state index contributed by atoms with van der Waals surface area (Å²) in [5, 5.41) is 3.00. The number of pyridine rings is 1. The molecular weight excluding hydrogens is 242 g/mol. The van der Waals surface area contributed by atoms with Crippen molar-refractivity contribution in [2.45, 2.75) is 13.3 Å². The molecule has 0 aliphatic rings. The standard InChI is InChI=1S/C11H16ClN3O2/c1-2-17-7-3-6-14-11(16)10-8(12)4-5-9(13)15-10/h4-5H,2-3,6-7H2,1H3,(H2,13,15)(H,14,16). The lowest BCUT2D eigenvalue weighted by atomic mass is 10.3. The van der Waals surface area contributed by atoms with Crippen LogP contribution in [0.25, 0.3) is 0 Å². The third-order valence-electron chi connectivity index (χ3n) is 2.04. The van der Waals surface area contributed by atoms with Crippen molar-refractivity contribution >= 4 is 23.3 Å². The summed E-state index contributed by atoms with van der Waals surface area (Å²) in [4.78, 5) is 15.6. The van der Waals surface area contributed by atoms with E-state index < -0.39 is 0 Å². The number of rotatable bonds is 6. The number of nitrogen functional groups attached to an aromatic ring is 1. The highest BCUT2D eigenvalue weighted by atomic mass is 35.5. The van der Waals surface area contributed by atoms with Crippen LogP contribution in [0.2, 0.25) is 5.02 Å². The first-order valence-corrected chi connectivity index (χ1v) is 5.81. The van der Waals surface area contributed by atoms with Crippen LogP contribution in [-0.2, 0) is 4.74 Å². The quantitative estimate of drug-likeness (QED) is 0.757. The number of halogens is 1. The van der Waals surface area contributed by atoms with Crippen LogP contribution in [0.3, 0.4) is 0 Å². The second-order valence-electron chi connectivity index (χ2n) is 3.37. The van der Waals surface area contributed by atoms with Crippen molar-refractivity contribution in [3.8, 4) is 0 Å². The molecule has 1 amide bonds. The lowest BCUT2D eigenvalue weighted by Crippen LogP contribution is -2.26. The molecule has 0 spiro atoms. The molecular formula is C11H16ClN3O2. The highest BCUT2D eigenvalue weighted by Gasteiger charge is 2.11. The normalized spacial score (nSPS) is 10.2. The van der Waals surface area contributed by atoms with Crippen LogP contribution in [-0.4, -0.2) is 30.6 Å². The number of nitrogens with one attached hydrogen (secondary N) is 1. The zero-order valence-corrected chi connectivity index (χ0v) is 10.5. The van der Waals surface area contributed by atoms with Crippen molar-refractivity contribution in [3.63, 3.8) is 0 Å². The number of carbonyl (C=O) groups is 1. The van der Waals surface area contributed by atoms with E-state index in [0.717, 1.165) is 6.42 Å². The van der Waals surface area contributed by atoms with E-state index in [1.165, 1.54) is 0 Å². The van der Waals surface area contributed by atoms with E-state index in [2.05, 4.69) is 10.3 Å². The maximum absolute atomic E-state index is 11.7. The first-order chi connectivity index (χ1) is 8.15. The van der Waals surface area contributed by atoms with Gasteiger partial charge < -0.3 is 15.8 Å². The lowest BCUT2D eigenvalue weighted by molar-refractivity contribution is 0.0939. The predicted octanol–water partition coefficient (Wildman–Crippen LogP) is 1.47. The van der Waals surface area contributed by atoms with Crippen LogP contribution in [0.5, 0.6) is 0 Å². The molecule has 0 saturated carbocycles. The Morgan fingerprint density at radius 2 is 2.35 bits per heavy atom. The topological polar surface area (TPSA) is 77.2 Å². The van der Waals surface area contributed by atoms with Gasteiger partial charge in [0.15, 0.2) is 0 Å². The van der Waals surface area contributed by atoms with Crippen LogP contribution in [0.1, 0.15) is 23.8 Å². The molecule has 0 aliphatic carbocycles. The summed E-state index contributed by atoms with van der Waals surface area (Å²) < 4.78 is 5.15. The molecule has 1 aromatic heterocycles. The summed E-state index contributed by atoms with van der Waals surface area (Å²) in [7, 11) is 0. The Hall–Kier alpha value is -1.33. The van der Waals surface area contributed by atoms with Gasteiger partial charge in [0, 0.05) is 19.8 Å². The van der Waals surface area contributed by atoms with Gasteiger partial charge in [-0.3, -0.25) is 4.79 Å². The van der Waals surface area contributed by atoms with Crippen LogP contribution in [0, 0.1) is 0 Å². The molecule has 1 rings (SSSR count). The third-order valence-corrected chi connectivity index (χ3v) is 2.34. The van der Waals surface area contributed by atoms with Gasteiger partial charge in [-0.2, -0.15) is 0 Å². The maximum Gasteiger partial charge on any atom is 0.271 e. The van der Waals surface area contributed by atoms with Crippen molar-refractivity contribution in [1.29, 1.82) is 0 Å². The van der Waals surface area contributed by atoms with Crippen LogP contribution in [0.4, 0.5) is 5.82 Å². The number of aromatic nitrogens is 1. The number of hydrogen-bond donors (Lipinski definition) is 2. The Morgan fingerprint density at radius 3 is 3.06 bits per heavy atom. The Morgan fingerprint density at radius 1 is 1.59 bits per heavy atom. The maximum atomic E-state index is 11.7. The number of anilines is 1. The average molecular weight is 258 g/mol. The second kappa shape index (κ2) is 7.09. The molecule has 1 heterocycles. The fourth-order valence-electron chi connectivity index (χ4n) is 1.22. The van der Waals surface area contributed by atoms with Crippen molar-refractivity contribution in [2.75, 3.05) is 25.5 Å². The number of carbonyl (C=O) groups excluding carboxylic acids is 1.